The molecule has 1 fully saturated rings. The molecule has 1 atom stereocenters. The lowest BCUT2D eigenvalue weighted by atomic mass is 9.97. The first-order chi connectivity index (χ1) is 13.9. The van der Waals surface area contributed by atoms with Gasteiger partial charge in [-0.15, -0.1) is 0 Å². The lowest BCUT2D eigenvalue weighted by Crippen LogP contribution is -2.39. The predicted molar refractivity (Wildman–Crippen MR) is 116 cm³/mol. The molecule has 0 saturated carbocycles. The number of nitrogens with zero attached hydrogens (tertiary/aromatic N) is 4. The molecule has 7 heteroatoms. The third-order valence-electron chi connectivity index (χ3n) is 6.10. The van der Waals surface area contributed by atoms with E-state index in [9.17, 15) is 8.42 Å². The van der Waals surface area contributed by atoms with Crippen LogP contribution < -0.4 is 4.90 Å². The molecule has 2 aromatic rings. The van der Waals surface area contributed by atoms with Gasteiger partial charge in [0.1, 0.15) is 11.6 Å². The number of aromatic nitrogens is 2. The SMILES string of the molecule is Cc1nc([C@H]2CCCN(S(C)(=O)=O)C2)nc2c1CCCN2CCc1ccccc1. The third-order valence-corrected chi connectivity index (χ3v) is 7.36. The molecule has 0 aliphatic carbocycles. The summed E-state index contributed by atoms with van der Waals surface area (Å²) in [5, 5.41) is 0. The maximum absolute atomic E-state index is 12.0. The van der Waals surface area contributed by atoms with Crippen molar-refractivity contribution in [2.75, 3.05) is 37.3 Å². The summed E-state index contributed by atoms with van der Waals surface area (Å²) in [5.41, 5.74) is 3.64. The second kappa shape index (κ2) is 8.40. The highest BCUT2D eigenvalue weighted by Gasteiger charge is 2.30. The summed E-state index contributed by atoms with van der Waals surface area (Å²) >= 11 is 0. The van der Waals surface area contributed by atoms with Gasteiger partial charge < -0.3 is 4.90 Å². The number of hydrogen-bond acceptors (Lipinski definition) is 5. The highest BCUT2D eigenvalue weighted by Crippen LogP contribution is 2.32. The fraction of sp³-hybridized carbons (Fsp3) is 0.545. The lowest BCUT2D eigenvalue weighted by molar-refractivity contribution is 0.310. The lowest BCUT2D eigenvalue weighted by Gasteiger charge is -2.34. The Morgan fingerprint density at radius 2 is 1.90 bits per heavy atom. The summed E-state index contributed by atoms with van der Waals surface area (Å²) in [4.78, 5) is 12.2. The Balaban J connectivity index is 1.58. The summed E-state index contributed by atoms with van der Waals surface area (Å²) in [5.74, 6) is 1.94. The minimum atomic E-state index is -3.18. The van der Waals surface area contributed by atoms with E-state index < -0.39 is 10.0 Å². The van der Waals surface area contributed by atoms with Gasteiger partial charge in [-0.05, 0) is 44.6 Å². The van der Waals surface area contributed by atoms with Crippen LogP contribution in [0.4, 0.5) is 5.82 Å². The van der Waals surface area contributed by atoms with Gasteiger partial charge in [0.25, 0.3) is 0 Å². The molecule has 0 unspecified atom stereocenters. The number of piperidine rings is 1. The Morgan fingerprint density at radius 3 is 2.66 bits per heavy atom. The first-order valence-electron chi connectivity index (χ1n) is 10.5. The van der Waals surface area contributed by atoms with Gasteiger partial charge in [0.05, 0.1) is 6.26 Å². The second-order valence-electron chi connectivity index (χ2n) is 8.26. The monoisotopic (exact) mass is 414 g/mol. The Bertz CT molecular complexity index is 962. The van der Waals surface area contributed by atoms with Gasteiger partial charge in [-0.2, -0.15) is 0 Å². The van der Waals surface area contributed by atoms with Crippen molar-refractivity contribution in [1.29, 1.82) is 0 Å². The van der Waals surface area contributed by atoms with Gasteiger partial charge in [0.15, 0.2) is 0 Å². The normalized spacial score (nSPS) is 20.5. The van der Waals surface area contributed by atoms with Crippen molar-refractivity contribution in [2.24, 2.45) is 0 Å². The zero-order valence-corrected chi connectivity index (χ0v) is 18.2. The number of hydrogen-bond donors (Lipinski definition) is 0. The molecule has 0 spiro atoms. The van der Waals surface area contributed by atoms with Crippen LogP contribution in [0.5, 0.6) is 0 Å². The van der Waals surface area contributed by atoms with Crippen LogP contribution in [-0.2, 0) is 22.9 Å². The topological polar surface area (TPSA) is 66.4 Å². The molecule has 156 valence electrons. The first-order valence-corrected chi connectivity index (χ1v) is 12.4. The van der Waals surface area contributed by atoms with Gasteiger partial charge in [-0.25, -0.2) is 22.7 Å². The zero-order chi connectivity index (χ0) is 20.4. The Labute approximate surface area is 174 Å². The van der Waals surface area contributed by atoms with Crippen LogP contribution in [0.25, 0.3) is 0 Å². The van der Waals surface area contributed by atoms with Crippen LogP contribution >= 0.6 is 0 Å². The van der Waals surface area contributed by atoms with E-state index in [1.807, 2.05) is 6.07 Å². The molecule has 0 N–H and O–H groups in total. The van der Waals surface area contributed by atoms with Gasteiger partial charge in [-0.3, -0.25) is 0 Å². The molecule has 2 aliphatic heterocycles. The molecule has 1 aromatic carbocycles. The number of fused-ring (bicyclic) bond motifs is 1. The number of rotatable bonds is 5. The van der Waals surface area contributed by atoms with Crippen molar-refractivity contribution in [1.82, 2.24) is 14.3 Å². The van der Waals surface area contributed by atoms with E-state index in [1.165, 1.54) is 17.4 Å². The van der Waals surface area contributed by atoms with Crippen molar-refractivity contribution in [2.45, 2.75) is 44.9 Å². The highest BCUT2D eigenvalue weighted by atomic mass is 32.2. The maximum Gasteiger partial charge on any atom is 0.211 e. The van der Waals surface area contributed by atoms with Crippen molar-refractivity contribution in [3.8, 4) is 0 Å². The molecule has 1 saturated heterocycles. The van der Waals surface area contributed by atoms with Gasteiger partial charge in [0, 0.05) is 43.4 Å². The number of sulfonamides is 1. The average molecular weight is 415 g/mol. The van der Waals surface area contributed by atoms with Crippen LogP contribution in [0, 0.1) is 6.92 Å². The van der Waals surface area contributed by atoms with Crippen LogP contribution in [-0.4, -0.2) is 55.1 Å². The molecule has 2 aliphatic rings. The number of benzene rings is 1. The average Bonchev–Trinajstić information content (AvgIpc) is 2.72. The predicted octanol–water partition coefficient (Wildman–Crippen LogP) is 2.92. The van der Waals surface area contributed by atoms with E-state index in [-0.39, 0.29) is 5.92 Å². The molecule has 0 amide bonds. The van der Waals surface area contributed by atoms with E-state index in [0.29, 0.717) is 13.1 Å². The van der Waals surface area contributed by atoms with Crippen molar-refractivity contribution in [3.63, 3.8) is 0 Å². The molecule has 0 radical (unpaired) electrons. The number of aryl methyl sites for hydroxylation is 1. The summed E-state index contributed by atoms with van der Waals surface area (Å²) in [7, 11) is -3.18. The minimum absolute atomic E-state index is 0.0698. The molecular weight excluding hydrogens is 384 g/mol. The van der Waals surface area contributed by atoms with Crippen LogP contribution in [0.15, 0.2) is 30.3 Å². The summed E-state index contributed by atoms with van der Waals surface area (Å²) in [6, 6.07) is 10.6. The molecular formula is C22H30N4O2S. The molecule has 4 rings (SSSR count). The standard InChI is InChI=1S/C22H30N4O2S/c1-17-20-11-7-13-25(15-12-18-8-4-3-5-9-18)22(20)24-21(23-17)19-10-6-14-26(16-19)29(2,27)28/h3-5,8-9,19H,6-7,10-16H2,1-2H3/t19-/m0/s1. The minimum Gasteiger partial charge on any atom is -0.356 e. The molecule has 29 heavy (non-hydrogen) atoms. The van der Waals surface area contributed by atoms with Gasteiger partial charge in [0.2, 0.25) is 10.0 Å². The maximum atomic E-state index is 12.0. The summed E-state index contributed by atoms with van der Waals surface area (Å²) in [6.07, 6.45) is 6.22. The fourth-order valence-corrected chi connectivity index (χ4v) is 5.38. The number of anilines is 1. The van der Waals surface area contributed by atoms with Crippen LogP contribution in [0.2, 0.25) is 0 Å². The zero-order valence-electron chi connectivity index (χ0n) is 17.3. The van der Waals surface area contributed by atoms with Crippen LogP contribution in [0.3, 0.4) is 0 Å². The fourth-order valence-electron chi connectivity index (χ4n) is 4.47. The van der Waals surface area contributed by atoms with Gasteiger partial charge in [-0.1, -0.05) is 30.3 Å². The quantitative estimate of drug-likeness (QED) is 0.753. The first kappa shape index (κ1) is 20.3. The van der Waals surface area contributed by atoms with Crippen molar-refractivity contribution in [3.05, 3.63) is 53.0 Å². The Kier molecular flexibility index (Phi) is 5.88. The molecule has 3 heterocycles. The van der Waals surface area contributed by atoms with E-state index in [4.69, 9.17) is 9.97 Å². The third kappa shape index (κ3) is 4.61. The summed E-state index contributed by atoms with van der Waals surface area (Å²) < 4.78 is 25.6. The molecule has 1 aromatic heterocycles. The Hall–Kier alpha value is -1.99. The van der Waals surface area contributed by atoms with E-state index in [0.717, 1.165) is 62.5 Å². The van der Waals surface area contributed by atoms with Crippen molar-refractivity contribution < 1.29 is 8.42 Å². The highest BCUT2D eigenvalue weighted by molar-refractivity contribution is 7.88. The van der Waals surface area contributed by atoms with E-state index in [1.54, 1.807) is 4.31 Å². The molecule has 0 bridgehead atoms. The second-order valence-corrected chi connectivity index (χ2v) is 10.2. The summed E-state index contributed by atoms with van der Waals surface area (Å²) in [6.45, 7) is 5.11. The molecule has 6 nitrogen and oxygen atoms in total. The van der Waals surface area contributed by atoms with Crippen LogP contribution in [0.1, 0.15) is 47.8 Å². The van der Waals surface area contributed by atoms with E-state index >= 15 is 0 Å². The smallest absolute Gasteiger partial charge is 0.211 e. The van der Waals surface area contributed by atoms with Gasteiger partial charge >= 0.3 is 0 Å². The van der Waals surface area contributed by atoms with Crippen molar-refractivity contribution >= 4 is 15.8 Å². The van der Waals surface area contributed by atoms with E-state index in [2.05, 4.69) is 36.1 Å². The largest absolute Gasteiger partial charge is 0.356 e. The Morgan fingerprint density at radius 1 is 1.10 bits per heavy atom.